The van der Waals surface area contributed by atoms with Crippen LogP contribution < -0.4 is 19.6 Å². The standard InChI is InChI=1S/C27H19F3O6/c1-16-4-3-5-19(14-16)35-25-24(32)21-12-11-20(15-22(21)36-26(25)27(28,29)30)34-23(31)13-8-17-6-9-18(33-2)10-7-17/h3-15H,1-2H3. The molecule has 1 aromatic heterocycles. The van der Waals surface area contributed by atoms with E-state index < -0.39 is 34.7 Å². The molecule has 184 valence electrons. The lowest BCUT2D eigenvalue weighted by Crippen LogP contribution is -2.15. The average Bonchev–Trinajstić information content (AvgIpc) is 2.84. The Balaban J connectivity index is 1.63. The van der Waals surface area contributed by atoms with Gasteiger partial charge in [0.25, 0.3) is 5.76 Å². The first-order valence-corrected chi connectivity index (χ1v) is 10.6. The van der Waals surface area contributed by atoms with Gasteiger partial charge < -0.3 is 18.6 Å². The quantitative estimate of drug-likeness (QED) is 0.171. The van der Waals surface area contributed by atoms with E-state index >= 15 is 0 Å². The average molecular weight is 496 g/mol. The molecule has 0 atom stereocenters. The fourth-order valence-corrected chi connectivity index (χ4v) is 3.33. The highest BCUT2D eigenvalue weighted by Crippen LogP contribution is 2.38. The Kier molecular flexibility index (Phi) is 6.82. The van der Waals surface area contributed by atoms with Crippen LogP contribution in [0.15, 0.2) is 82.0 Å². The minimum atomic E-state index is -5.01. The minimum Gasteiger partial charge on any atom is -0.497 e. The highest BCUT2D eigenvalue weighted by atomic mass is 19.4. The first-order chi connectivity index (χ1) is 17.1. The van der Waals surface area contributed by atoms with E-state index in [0.29, 0.717) is 11.3 Å². The summed E-state index contributed by atoms with van der Waals surface area (Å²) in [6.07, 6.45) is -2.36. The smallest absolute Gasteiger partial charge is 0.453 e. The van der Waals surface area contributed by atoms with E-state index in [9.17, 15) is 22.8 Å². The van der Waals surface area contributed by atoms with Gasteiger partial charge in [-0.2, -0.15) is 13.2 Å². The van der Waals surface area contributed by atoms with Crippen molar-refractivity contribution in [3.8, 4) is 23.0 Å². The number of aryl methyl sites for hydroxylation is 1. The summed E-state index contributed by atoms with van der Waals surface area (Å²) >= 11 is 0. The fourth-order valence-electron chi connectivity index (χ4n) is 3.33. The molecule has 9 heteroatoms. The molecule has 0 aliphatic carbocycles. The topological polar surface area (TPSA) is 75.0 Å². The van der Waals surface area contributed by atoms with Gasteiger partial charge in [-0.3, -0.25) is 4.79 Å². The van der Waals surface area contributed by atoms with Crippen molar-refractivity contribution in [2.24, 2.45) is 0 Å². The van der Waals surface area contributed by atoms with Crippen molar-refractivity contribution in [2.75, 3.05) is 7.11 Å². The number of carbonyl (C=O) groups is 1. The molecule has 0 unspecified atom stereocenters. The maximum Gasteiger partial charge on any atom is 0.453 e. The molecule has 4 rings (SSSR count). The van der Waals surface area contributed by atoms with Crippen LogP contribution in [0.1, 0.15) is 16.9 Å². The largest absolute Gasteiger partial charge is 0.497 e. The maximum atomic E-state index is 13.7. The molecule has 0 saturated heterocycles. The number of carbonyl (C=O) groups excluding carboxylic acids is 1. The summed E-state index contributed by atoms with van der Waals surface area (Å²) in [7, 11) is 1.53. The zero-order chi connectivity index (χ0) is 25.9. The highest BCUT2D eigenvalue weighted by molar-refractivity contribution is 5.89. The Morgan fingerprint density at radius 1 is 0.944 bits per heavy atom. The Bertz CT molecular complexity index is 1500. The van der Waals surface area contributed by atoms with Crippen molar-refractivity contribution in [1.29, 1.82) is 0 Å². The van der Waals surface area contributed by atoms with Gasteiger partial charge in [0.2, 0.25) is 11.2 Å². The molecule has 6 nitrogen and oxygen atoms in total. The summed E-state index contributed by atoms with van der Waals surface area (Å²) in [6.45, 7) is 1.73. The van der Waals surface area contributed by atoms with Gasteiger partial charge in [0.05, 0.1) is 12.5 Å². The van der Waals surface area contributed by atoms with E-state index in [0.717, 1.165) is 17.7 Å². The van der Waals surface area contributed by atoms with Crippen molar-refractivity contribution < 1.29 is 36.6 Å². The van der Waals surface area contributed by atoms with Crippen LogP contribution in [0.5, 0.6) is 23.0 Å². The number of fused-ring (bicyclic) bond motifs is 1. The monoisotopic (exact) mass is 496 g/mol. The number of rotatable bonds is 6. The summed E-state index contributed by atoms with van der Waals surface area (Å²) in [4.78, 5) is 25.1. The molecule has 4 aromatic rings. The molecule has 3 aromatic carbocycles. The van der Waals surface area contributed by atoms with Crippen LogP contribution in [0.25, 0.3) is 17.0 Å². The summed E-state index contributed by atoms with van der Waals surface area (Å²) in [5.74, 6) is -2.74. The number of methoxy groups -OCH3 is 1. The molecule has 36 heavy (non-hydrogen) atoms. The predicted molar refractivity (Wildman–Crippen MR) is 126 cm³/mol. The van der Waals surface area contributed by atoms with Crippen molar-refractivity contribution in [3.05, 3.63) is 99.9 Å². The zero-order valence-electron chi connectivity index (χ0n) is 19.1. The lowest BCUT2D eigenvalue weighted by Gasteiger charge is -2.13. The third-order valence-corrected chi connectivity index (χ3v) is 5.04. The van der Waals surface area contributed by atoms with Crippen LogP contribution in [0.4, 0.5) is 13.2 Å². The predicted octanol–water partition coefficient (Wildman–Crippen LogP) is 6.54. The third-order valence-electron chi connectivity index (χ3n) is 5.04. The molecule has 0 radical (unpaired) electrons. The zero-order valence-corrected chi connectivity index (χ0v) is 19.1. The molecule has 0 aliphatic rings. The number of esters is 1. The molecule has 0 N–H and O–H groups in total. The maximum absolute atomic E-state index is 13.7. The fraction of sp³-hybridized carbons (Fsp3) is 0.111. The summed E-state index contributed by atoms with van der Waals surface area (Å²) in [6, 6.07) is 16.6. The van der Waals surface area contributed by atoms with Gasteiger partial charge in [-0.1, -0.05) is 24.3 Å². The first-order valence-electron chi connectivity index (χ1n) is 10.6. The van der Waals surface area contributed by atoms with Gasteiger partial charge in [0.1, 0.15) is 22.8 Å². The molecular weight excluding hydrogens is 477 g/mol. The van der Waals surface area contributed by atoms with Gasteiger partial charge in [0.15, 0.2) is 0 Å². The second-order valence-corrected chi connectivity index (χ2v) is 7.69. The molecule has 0 amide bonds. The van der Waals surface area contributed by atoms with E-state index in [4.69, 9.17) is 18.6 Å². The van der Waals surface area contributed by atoms with Crippen LogP contribution in [0.2, 0.25) is 0 Å². The molecule has 0 bridgehead atoms. The van der Waals surface area contributed by atoms with Gasteiger partial charge in [0, 0.05) is 12.1 Å². The SMILES string of the molecule is COc1ccc(C=CC(=O)Oc2ccc3c(=O)c(Oc4cccc(C)c4)c(C(F)(F)F)oc3c2)cc1. The second-order valence-electron chi connectivity index (χ2n) is 7.69. The number of alkyl halides is 3. The molecule has 0 fully saturated rings. The molecule has 1 heterocycles. The second kappa shape index (κ2) is 9.99. The summed E-state index contributed by atoms with van der Waals surface area (Å²) in [5.41, 5.74) is 0.0164. The lowest BCUT2D eigenvalue weighted by atomic mass is 10.2. The Morgan fingerprint density at radius 2 is 1.67 bits per heavy atom. The van der Waals surface area contributed by atoms with Crippen LogP contribution in [0, 0.1) is 6.92 Å². The Morgan fingerprint density at radius 3 is 2.33 bits per heavy atom. The van der Waals surface area contributed by atoms with Crippen LogP contribution in [0.3, 0.4) is 0 Å². The summed E-state index contributed by atoms with van der Waals surface area (Å²) in [5, 5.41) is -0.167. The van der Waals surface area contributed by atoms with E-state index in [2.05, 4.69) is 0 Å². The van der Waals surface area contributed by atoms with Crippen LogP contribution >= 0.6 is 0 Å². The van der Waals surface area contributed by atoms with Crippen LogP contribution in [-0.2, 0) is 11.0 Å². The number of hydrogen-bond acceptors (Lipinski definition) is 6. The van der Waals surface area contributed by atoms with Gasteiger partial charge in [-0.15, -0.1) is 0 Å². The Labute approximate surface area is 203 Å². The van der Waals surface area contributed by atoms with Crippen molar-refractivity contribution >= 4 is 23.0 Å². The number of ether oxygens (including phenoxy) is 3. The van der Waals surface area contributed by atoms with E-state index in [1.807, 2.05) is 0 Å². The van der Waals surface area contributed by atoms with Gasteiger partial charge in [-0.25, -0.2) is 4.79 Å². The third kappa shape index (κ3) is 5.57. The number of benzene rings is 3. The van der Waals surface area contributed by atoms with Crippen molar-refractivity contribution in [2.45, 2.75) is 13.1 Å². The van der Waals surface area contributed by atoms with Gasteiger partial charge >= 0.3 is 12.1 Å². The number of hydrogen-bond donors (Lipinski definition) is 0. The molecule has 0 aliphatic heterocycles. The van der Waals surface area contributed by atoms with E-state index in [-0.39, 0.29) is 16.9 Å². The van der Waals surface area contributed by atoms with E-state index in [1.165, 1.54) is 37.5 Å². The summed E-state index contributed by atoms with van der Waals surface area (Å²) < 4.78 is 61.8. The van der Waals surface area contributed by atoms with E-state index in [1.54, 1.807) is 43.3 Å². The molecule has 0 spiro atoms. The van der Waals surface area contributed by atoms with Crippen molar-refractivity contribution in [1.82, 2.24) is 0 Å². The highest BCUT2D eigenvalue weighted by Gasteiger charge is 2.40. The minimum absolute atomic E-state index is 0.0568. The Hall–Kier alpha value is -4.53. The first kappa shape index (κ1) is 24.6. The molecular formula is C27H19F3O6. The number of halogens is 3. The molecule has 0 saturated carbocycles. The normalized spacial score (nSPS) is 11.6. The van der Waals surface area contributed by atoms with Crippen LogP contribution in [-0.4, -0.2) is 13.1 Å². The van der Waals surface area contributed by atoms with Crippen molar-refractivity contribution in [3.63, 3.8) is 0 Å². The lowest BCUT2D eigenvalue weighted by molar-refractivity contribution is -0.154. The van der Waals surface area contributed by atoms with Gasteiger partial charge in [-0.05, 0) is 60.5 Å².